The van der Waals surface area contributed by atoms with E-state index in [1.165, 1.54) is 20.2 Å². The fourth-order valence-corrected chi connectivity index (χ4v) is 5.74. The van der Waals surface area contributed by atoms with Gasteiger partial charge in [0.25, 0.3) is 0 Å². The molecule has 0 aromatic heterocycles. The first-order valence-electron chi connectivity index (χ1n) is 10.6. The maximum Gasteiger partial charge on any atom is 0.514 e. The maximum atomic E-state index is 12.3. The molecule has 0 heterocycles. The van der Waals surface area contributed by atoms with Gasteiger partial charge in [0.05, 0.1) is 10.9 Å². The summed E-state index contributed by atoms with van der Waals surface area (Å²) in [5, 5.41) is 0. The molecule has 0 fully saturated rings. The van der Waals surface area contributed by atoms with Crippen molar-refractivity contribution in [2.75, 3.05) is 0 Å². The Labute approximate surface area is 188 Å². The monoisotopic (exact) mass is 435 g/mol. The molecule has 0 unspecified atom stereocenters. The van der Waals surface area contributed by atoms with Gasteiger partial charge in [-0.2, -0.15) is 0 Å². The van der Waals surface area contributed by atoms with Gasteiger partial charge in [0.2, 0.25) is 0 Å². The van der Waals surface area contributed by atoms with E-state index in [0.29, 0.717) is 5.75 Å². The average molecular weight is 436 g/mol. The van der Waals surface area contributed by atoms with Gasteiger partial charge in [-0.15, -0.1) is 0 Å². The number of benzene rings is 3. The molecule has 162 valence electrons. The van der Waals surface area contributed by atoms with E-state index in [0.717, 1.165) is 5.56 Å². The second-order valence-corrected chi connectivity index (χ2v) is 10.8. The summed E-state index contributed by atoms with van der Waals surface area (Å²) >= 11 is 0. The molecule has 0 saturated heterocycles. The van der Waals surface area contributed by atoms with E-state index < -0.39 is 11.8 Å². The molecule has 0 aliphatic rings. The van der Waals surface area contributed by atoms with Gasteiger partial charge in [0.15, 0.2) is 14.7 Å². The van der Waals surface area contributed by atoms with Crippen molar-refractivity contribution in [3.63, 3.8) is 0 Å². The zero-order valence-corrected chi connectivity index (χ0v) is 20.0. The summed E-state index contributed by atoms with van der Waals surface area (Å²) in [5.74, 6) is 0.811. The lowest BCUT2D eigenvalue weighted by molar-refractivity contribution is 0.0204. The maximum absolute atomic E-state index is 12.3. The van der Waals surface area contributed by atoms with Gasteiger partial charge >= 0.3 is 6.16 Å². The Bertz CT molecular complexity index is 982. The fraction of sp³-hybridized carbons (Fsp3) is 0.296. The predicted molar refractivity (Wildman–Crippen MR) is 127 cm³/mol. The van der Waals surface area contributed by atoms with Gasteiger partial charge in [0, 0.05) is 11.6 Å². The highest BCUT2D eigenvalue weighted by atomic mass is 32.2. The molecule has 0 atom stereocenters. The van der Waals surface area contributed by atoms with Crippen molar-refractivity contribution in [1.29, 1.82) is 0 Å². The molecule has 3 nitrogen and oxygen atoms in total. The highest BCUT2D eigenvalue weighted by Gasteiger charge is 2.33. The van der Waals surface area contributed by atoms with E-state index in [1.54, 1.807) is 0 Å². The summed E-state index contributed by atoms with van der Waals surface area (Å²) in [7, 11) is -0.266. The summed E-state index contributed by atoms with van der Waals surface area (Å²) in [6.45, 7) is 11.8. The topological polar surface area (TPSA) is 35.5 Å². The van der Waals surface area contributed by atoms with Gasteiger partial charge in [-0.25, -0.2) is 4.79 Å². The molecule has 0 saturated carbocycles. The van der Waals surface area contributed by atoms with Crippen LogP contribution in [0, 0.1) is 6.92 Å². The highest BCUT2D eigenvalue weighted by molar-refractivity contribution is 7.97. The first kappa shape index (κ1) is 23.0. The van der Waals surface area contributed by atoms with Crippen LogP contribution >= 0.6 is 0 Å². The second kappa shape index (κ2) is 9.61. The number of hydrogen-bond acceptors (Lipinski definition) is 3. The first-order valence-corrected chi connectivity index (χ1v) is 11.8. The molecular weight excluding hydrogens is 404 g/mol. The van der Waals surface area contributed by atoms with E-state index in [9.17, 15) is 4.79 Å². The minimum Gasteiger partial charge on any atom is -0.428 e. The number of rotatable bonds is 5. The third-order valence-corrected chi connectivity index (χ3v) is 6.97. The van der Waals surface area contributed by atoms with Gasteiger partial charge in [0.1, 0.15) is 11.4 Å². The Morgan fingerprint density at radius 3 is 1.84 bits per heavy atom. The SMILES string of the molecule is Cc1cc([S+](c2ccccc2)c2ccccc2)c(C(C)C)cc1OC(=O)OC(C)(C)C. The van der Waals surface area contributed by atoms with Crippen LogP contribution in [-0.4, -0.2) is 11.8 Å². The first-order chi connectivity index (χ1) is 14.7. The van der Waals surface area contributed by atoms with Gasteiger partial charge in [-0.1, -0.05) is 50.2 Å². The van der Waals surface area contributed by atoms with Crippen LogP contribution in [0.4, 0.5) is 4.79 Å². The van der Waals surface area contributed by atoms with Crippen LogP contribution in [-0.2, 0) is 15.6 Å². The smallest absolute Gasteiger partial charge is 0.428 e. The van der Waals surface area contributed by atoms with E-state index in [2.05, 4.69) is 68.4 Å². The van der Waals surface area contributed by atoms with Crippen LogP contribution in [0.3, 0.4) is 0 Å². The molecule has 4 heteroatoms. The largest absolute Gasteiger partial charge is 0.514 e. The zero-order valence-electron chi connectivity index (χ0n) is 19.1. The Balaban J connectivity index is 2.10. The molecular formula is C27H31O3S+. The molecule has 0 N–H and O–H groups in total. The van der Waals surface area contributed by atoms with Crippen LogP contribution in [0.5, 0.6) is 5.75 Å². The lowest BCUT2D eigenvalue weighted by Crippen LogP contribution is -2.26. The van der Waals surface area contributed by atoms with Crippen LogP contribution in [0.2, 0.25) is 0 Å². The fourth-order valence-electron chi connectivity index (χ4n) is 3.28. The minimum absolute atomic E-state index is 0.263. The van der Waals surface area contributed by atoms with Crippen LogP contribution in [0.15, 0.2) is 87.5 Å². The Hall–Kier alpha value is -2.72. The predicted octanol–water partition coefficient (Wildman–Crippen LogP) is 7.53. The summed E-state index contributed by atoms with van der Waals surface area (Å²) < 4.78 is 11.0. The van der Waals surface area contributed by atoms with Crippen molar-refractivity contribution in [2.24, 2.45) is 0 Å². The van der Waals surface area contributed by atoms with Crippen LogP contribution in [0.1, 0.15) is 51.7 Å². The van der Waals surface area contributed by atoms with E-state index in [1.807, 2.05) is 45.9 Å². The second-order valence-electron chi connectivity index (χ2n) is 8.81. The van der Waals surface area contributed by atoms with Crippen molar-refractivity contribution in [1.82, 2.24) is 0 Å². The van der Waals surface area contributed by atoms with E-state index in [4.69, 9.17) is 9.47 Å². The van der Waals surface area contributed by atoms with Crippen molar-refractivity contribution in [3.8, 4) is 5.75 Å². The highest BCUT2D eigenvalue weighted by Crippen LogP contribution is 2.39. The number of carbonyl (C=O) groups is 1. The summed E-state index contributed by atoms with van der Waals surface area (Å²) in [6, 6.07) is 25.3. The lowest BCUT2D eigenvalue weighted by atomic mass is 10.0. The van der Waals surface area contributed by atoms with Crippen molar-refractivity contribution in [3.05, 3.63) is 83.9 Å². The normalized spacial score (nSPS) is 11.6. The number of ether oxygens (including phenoxy) is 2. The summed E-state index contributed by atoms with van der Waals surface area (Å²) in [6.07, 6.45) is -0.678. The van der Waals surface area contributed by atoms with Crippen molar-refractivity contribution in [2.45, 2.75) is 67.7 Å². The standard InChI is InChI=1S/C27H31O3S/c1-19(2)23-18-24(29-26(28)30-27(4,5)6)20(3)17-25(23)31(21-13-9-7-10-14-21)22-15-11-8-12-16-22/h7-19H,1-6H3/q+1. The minimum atomic E-state index is -0.678. The Morgan fingerprint density at radius 1 is 0.871 bits per heavy atom. The molecule has 31 heavy (non-hydrogen) atoms. The molecule has 0 amide bonds. The van der Waals surface area contributed by atoms with Crippen LogP contribution in [0.25, 0.3) is 0 Å². The van der Waals surface area contributed by atoms with Gasteiger partial charge in [-0.3, -0.25) is 0 Å². The van der Waals surface area contributed by atoms with Gasteiger partial charge in [-0.05, 0) is 69.5 Å². The molecule has 3 aromatic rings. The third-order valence-electron chi connectivity index (χ3n) is 4.69. The molecule has 0 radical (unpaired) electrons. The van der Waals surface area contributed by atoms with Crippen molar-refractivity contribution >= 4 is 17.1 Å². The van der Waals surface area contributed by atoms with Crippen LogP contribution < -0.4 is 4.74 Å². The summed E-state index contributed by atoms with van der Waals surface area (Å²) in [4.78, 5) is 16.1. The average Bonchev–Trinajstić information content (AvgIpc) is 2.70. The lowest BCUT2D eigenvalue weighted by Gasteiger charge is -2.20. The summed E-state index contributed by atoms with van der Waals surface area (Å²) in [5.41, 5.74) is 1.48. The number of carbonyl (C=O) groups excluding carboxylic acids is 1. The number of hydrogen-bond donors (Lipinski definition) is 0. The zero-order chi connectivity index (χ0) is 22.6. The molecule has 3 aromatic carbocycles. The number of aryl methyl sites for hydroxylation is 1. The molecule has 0 aliphatic heterocycles. The molecule has 0 spiro atoms. The Morgan fingerprint density at radius 2 is 1.39 bits per heavy atom. The van der Waals surface area contributed by atoms with Crippen molar-refractivity contribution < 1.29 is 14.3 Å². The quantitative estimate of drug-likeness (QED) is 0.236. The Kier molecular flexibility index (Phi) is 7.11. The molecule has 3 rings (SSSR count). The molecule has 0 aliphatic carbocycles. The van der Waals surface area contributed by atoms with E-state index >= 15 is 0 Å². The molecule has 0 bridgehead atoms. The third kappa shape index (κ3) is 5.92. The van der Waals surface area contributed by atoms with E-state index in [-0.39, 0.29) is 16.8 Å². The van der Waals surface area contributed by atoms with Gasteiger partial charge < -0.3 is 9.47 Å².